The third-order valence-corrected chi connectivity index (χ3v) is 6.09. The lowest BCUT2D eigenvalue weighted by atomic mass is 10.2. The molecule has 0 unspecified atom stereocenters. The van der Waals surface area contributed by atoms with Crippen LogP contribution in [0, 0.1) is 13.8 Å². The summed E-state index contributed by atoms with van der Waals surface area (Å²) in [7, 11) is 0. The standard InChI is InChI=1S/C24H20N4OS/c1-16-9-11-19(12-10-16)28-23(29)20-7-3-4-8-21(20)26-24(28)30-15-18-14-27-13-5-6-17(2)22(27)25-18/h3-14H,15H2,1-2H3. The summed E-state index contributed by atoms with van der Waals surface area (Å²) in [4.78, 5) is 22.9. The average Bonchev–Trinajstić information content (AvgIpc) is 3.18. The SMILES string of the molecule is Cc1ccc(-n2c(SCc3cn4cccc(C)c4n3)nc3ccccc3c2=O)cc1. The lowest BCUT2D eigenvalue weighted by molar-refractivity contribution is 0.819. The Morgan fingerprint density at radius 1 is 0.933 bits per heavy atom. The Balaban J connectivity index is 1.59. The van der Waals surface area contributed by atoms with Gasteiger partial charge in [-0.25, -0.2) is 9.97 Å². The van der Waals surface area contributed by atoms with E-state index in [2.05, 4.69) is 13.0 Å². The van der Waals surface area contributed by atoms with Crippen molar-refractivity contribution < 1.29 is 0 Å². The Hall–Kier alpha value is -3.38. The molecule has 0 N–H and O–H groups in total. The maximum absolute atomic E-state index is 13.3. The van der Waals surface area contributed by atoms with Crippen molar-refractivity contribution in [3.05, 3.63) is 100 Å². The van der Waals surface area contributed by atoms with Crippen LogP contribution in [0.3, 0.4) is 0 Å². The molecule has 0 saturated carbocycles. The van der Waals surface area contributed by atoms with Crippen molar-refractivity contribution in [2.24, 2.45) is 0 Å². The second kappa shape index (κ2) is 7.46. The van der Waals surface area contributed by atoms with Crippen molar-refractivity contribution >= 4 is 28.3 Å². The molecule has 5 rings (SSSR count). The first-order valence-electron chi connectivity index (χ1n) is 9.75. The summed E-state index contributed by atoms with van der Waals surface area (Å²) in [6.07, 6.45) is 4.03. The van der Waals surface area contributed by atoms with E-state index in [4.69, 9.17) is 9.97 Å². The van der Waals surface area contributed by atoms with E-state index in [0.29, 0.717) is 21.8 Å². The summed E-state index contributed by atoms with van der Waals surface area (Å²) in [5.41, 5.74) is 5.65. The van der Waals surface area contributed by atoms with Gasteiger partial charge in [0.05, 0.1) is 22.3 Å². The zero-order chi connectivity index (χ0) is 20.7. The number of nitrogens with zero attached hydrogens (tertiary/aromatic N) is 4. The van der Waals surface area contributed by atoms with Crippen LogP contribution in [0.4, 0.5) is 0 Å². The lowest BCUT2D eigenvalue weighted by Crippen LogP contribution is -2.21. The van der Waals surface area contributed by atoms with Gasteiger partial charge >= 0.3 is 0 Å². The van der Waals surface area contributed by atoms with Gasteiger partial charge in [-0.05, 0) is 49.7 Å². The van der Waals surface area contributed by atoms with Crippen molar-refractivity contribution in [2.45, 2.75) is 24.8 Å². The molecule has 0 amide bonds. The summed E-state index contributed by atoms with van der Waals surface area (Å²) in [6, 6.07) is 19.5. The van der Waals surface area contributed by atoms with Gasteiger partial charge in [0, 0.05) is 18.1 Å². The molecule has 0 radical (unpaired) electrons. The van der Waals surface area contributed by atoms with E-state index < -0.39 is 0 Å². The molecule has 2 aromatic carbocycles. The van der Waals surface area contributed by atoms with Crippen molar-refractivity contribution in [3.8, 4) is 5.69 Å². The predicted octanol–water partition coefficient (Wildman–Crippen LogP) is 4.94. The predicted molar refractivity (Wildman–Crippen MR) is 122 cm³/mol. The number of thioether (sulfide) groups is 1. The molecule has 5 aromatic rings. The summed E-state index contributed by atoms with van der Waals surface area (Å²) in [5.74, 6) is 0.623. The maximum Gasteiger partial charge on any atom is 0.266 e. The highest BCUT2D eigenvalue weighted by molar-refractivity contribution is 7.98. The molecule has 5 nitrogen and oxygen atoms in total. The number of benzene rings is 2. The smallest absolute Gasteiger partial charge is 0.266 e. The van der Waals surface area contributed by atoms with E-state index in [9.17, 15) is 4.79 Å². The Bertz CT molecular complexity index is 1430. The van der Waals surface area contributed by atoms with Crippen molar-refractivity contribution in [3.63, 3.8) is 0 Å². The summed E-state index contributed by atoms with van der Waals surface area (Å²) in [5, 5.41) is 1.28. The van der Waals surface area contributed by atoms with Gasteiger partial charge in [-0.1, -0.05) is 47.7 Å². The van der Waals surface area contributed by atoms with Gasteiger partial charge in [0.25, 0.3) is 5.56 Å². The van der Waals surface area contributed by atoms with E-state index >= 15 is 0 Å². The summed E-state index contributed by atoms with van der Waals surface area (Å²) < 4.78 is 3.74. The molecule has 0 aliphatic carbocycles. The van der Waals surface area contributed by atoms with Crippen LogP contribution in [-0.4, -0.2) is 18.9 Å². The third-order valence-electron chi connectivity index (χ3n) is 5.11. The second-order valence-corrected chi connectivity index (χ2v) is 8.27. The van der Waals surface area contributed by atoms with Gasteiger partial charge < -0.3 is 4.40 Å². The minimum Gasteiger partial charge on any atom is -0.307 e. The molecule has 0 aliphatic heterocycles. The molecule has 3 heterocycles. The van der Waals surface area contributed by atoms with Crippen LogP contribution in [0.2, 0.25) is 0 Å². The molecule has 3 aromatic heterocycles. The number of fused-ring (bicyclic) bond motifs is 2. The molecular formula is C24H20N4OS. The second-order valence-electron chi connectivity index (χ2n) is 7.33. The fraction of sp³-hybridized carbons (Fsp3) is 0.125. The third kappa shape index (κ3) is 3.29. The highest BCUT2D eigenvalue weighted by atomic mass is 32.2. The quantitative estimate of drug-likeness (QED) is 0.310. The minimum atomic E-state index is -0.0576. The molecule has 30 heavy (non-hydrogen) atoms. The molecule has 0 fully saturated rings. The number of pyridine rings is 1. The number of hydrogen-bond acceptors (Lipinski definition) is 4. The van der Waals surface area contributed by atoms with Gasteiger partial charge in [0.1, 0.15) is 5.65 Å². The molecule has 0 aliphatic rings. The minimum absolute atomic E-state index is 0.0576. The van der Waals surface area contributed by atoms with E-state index in [0.717, 1.165) is 28.2 Å². The number of imidazole rings is 1. The van der Waals surface area contributed by atoms with Crippen LogP contribution in [0.5, 0.6) is 0 Å². The van der Waals surface area contributed by atoms with Gasteiger partial charge in [-0.2, -0.15) is 0 Å². The monoisotopic (exact) mass is 412 g/mol. The zero-order valence-corrected chi connectivity index (χ0v) is 17.6. The Labute approximate surface area is 178 Å². The highest BCUT2D eigenvalue weighted by Gasteiger charge is 2.14. The number of rotatable bonds is 4. The first-order chi connectivity index (χ1) is 14.6. The van der Waals surface area contributed by atoms with Crippen molar-refractivity contribution in [1.29, 1.82) is 0 Å². The topological polar surface area (TPSA) is 52.2 Å². The van der Waals surface area contributed by atoms with Crippen molar-refractivity contribution in [2.75, 3.05) is 0 Å². The molecule has 0 bridgehead atoms. The number of para-hydroxylation sites is 1. The van der Waals surface area contributed by atoms with Crippen LogP contribution >= 0.6 is 11.8 Å². The first kappa shape index (κ1) is 18.6. The van der Waals surface area contributed by atoms with Crippen LogP contribution in [-0.2, 0) is 5.75 Å². The lowest BCUT2D eigenvalue weighted by Gasteiger charge is -2.13. The first-order valence-corrected chi connectivity index (χ1v) is 10.7. The van der Waals surface area contributed by atoms with Gasteiger partial charge in [0.2, 0.25) is 0 Å². The summed E-state index contributed by atoms with van der Waals surface area (Å²) >= 11 is 1.53. The van der Waals surface area contributed by atoms with Gasteiger partial charge in [-0.3, -0.25) is 9.36 Å². The van der Waals surface area contributed by atoms with Crippen LogP contribution in [0.15, 0.2) is 83.0 Å². The molecule has 0 atom stereocenters. The molecule has 0 saturated heterocycles. The van der Waals surface area contributed by atoms with E-state index in [-0.39, 0.29) is 5.56 Å². The van der Waals surface area contributed by atoms with Crippen LogP contribution < -0.4 is 5.56 Å². The molecule has 0 spiro atoms. The Kier molecular flexibility index (Phi) is 4.64. The number of hydrogen-bond donors (Lipinski definition) is 0. The fourth-order valence-electron chi connectivity index (χ4n) is 3.54. The number of aromatic nitrogens is 4. The molecular weight excluding hydrogens is 392 g/mol. The van der Waals surface area contributed by atoms with Crippen LogP contribution in [0.25, 0.3) is 22.2 Å². The largest absolute Gasteiger partial charge is 0.307 e. The number of aryl methyl sites for hydroxylation is 2. The summed E-state index contributed by atoms with van der Waals surface area (Å²) in [6.45, 7) is 4.09. The fourth-order valence-corrected chi connectivity index (χ4v) is 4.44. The van der Waals surface area contributed by atoms with Gasteiger partial charge in [0.15, 0.2) is 5.16 Å². The van der Waals surface area contributed by atoms with Crippen molar-refractivity contribution in [1.82, 2.24) is 18.9 Å². The molecule has 6 heteroatoms. The highest BCUT2D eigenvalue weighted by Crippen LogP contribution is 2.25. The van der Waals surface area contributed by atoms with Crippen LogP contribution in [0.1, 0.15) is 16.8 Å². The van der Waals surface area contributed by atoms with E-state index in [1.54, 1.807) is 4.57 Å². The average molecular weight is 413 g/mol. The molecule has 148 valence electrons. The Morgan fingerprint density at radius 3 is 2.53 bits per heavy atom. The van der Waals surface area contributed by atoms with Gasteiger partial charge in [-0.15, -0.1) is 0 Å². The Morgan fingerprint density at radius 2 is 1.73 bits per heavy atom. The van der Waals surface area contributed by atoms with E-state index in [1.807, 2.05) is 78.3 Å². The van der Waals surface area contributed by atoms with E-state index in [1.165, 1.54) is 11.8 Å². The zero-order valence-electron chi connectivity index (χ0n) is 16.7. The normalized spacial score (nSPS) is 11.4. The maximum atomic E-state index is 13.3.